The van der Waals surface area contributed by atoms with Crippen molar-refractivity contribution in [1.29, 1.82) is 0 Å². The number of hydrogen-bond donors (Lipinski definition) is 1. The molecule has 16 heavy (non-hydrogen) atoms. The van der Waals surface area contributed by atoms with Crippen LogP contribution in [0.25, 0.3) is 0 Å². The van der Waals surface area contributed by atoms with Crippen molar-refractivity contribution in [3.63, 3.8) is 0 Å². The van der Waals surface area contributed by atoms with E-state index in [4.69, 9.17) is 4.74 Å². The number of carbonyl (C=O) groups excluding carboxylic acids is 1. The lowest BCUT2D eigenvalue weighted by Crippen LogP contribution is -2.59. The Morgan fingerprint density at radius 3 is 2.69 bits per heavy atom. The van der Waals surface area contributed by atoms with Crippen molar-refractivity contribution in [2.24, 2.45) is 0 Å². The fraction of sp³-hybridized carbons (Fsp3) is 0.462. The Morgan fingerprint density at radius 1 is 1.38 bits per heavy atom. The van der Waals surface area contributed by atoms with Gasteiger partial charge in [-0.2, -0.15) is 0 Å². The lowest BCUT2D eigenvalue weighted by atomic mass is 9.98. The highest BCUT2D eigenvalue weighted by Gasteiger charge is 2.36. The molecule has 0 spiro atoms. The molecule has 2 rings (SSSR count). The second-order valence-electron chi connectivity index (χ2n) is 4.75. The highest BCUT2D eigenvalue weighted by Crippen LogP contribution is 2.15. The summed E-state index contributed by atoms with van der Waals surface area (Å²) in [7, 11) is 0. The van der Waals surface area contributed by atoms with Gasteiger partial charge in [-0.15, -0.1) is 0 Å². The van der Waals surface area contributed by atoms with Crippen LogP contribution in [0.1, 0.15) is 19.4 Å². The summed E-state index contributed by atoms with van der Waals surface area (Å²) < 4.78 is 5.18. The first-order valence-electron chi connectivity index (χ1n) is 5.57. The van der Waals surface area contributed by atoms with Crippen molar-refractivity contribution in [3.8, 4) is 0 Å². The molecule has 0 aromatic heterocycles. The van der Waals surface area contributed by atoms with Gasteiger partial charge in [0.2, 0.25) is 0 Å². The normalized spacial score (nSPS) is 23.9. The van der Waals surface area contributed by atoms with Crippen LogP contribution in [0.3, 0.4) is 0 Å². The Balaban J connectivity index is 2.00. The van der Waals surface area contributed by atoms with Crippen molar-refractivity contribution in [3.05, 3.63) is 35.9 Å². The minimum absolute atomic E-state index is 0.170. The third kappa shape index (κ3) is 2.42. The fourth-order valence-corrected chi connectivity index (χ4v) is 1.98. The van der Waals surface area contributed by atoms with E-state index >= 15 is 0 Å². The monoisotopic (exact) mass is 219 g/mol. The van der Waals surface area contributed by atoms with Crippen LogP contribution in [0.2, 0.25) is 0 Å². The Labute approximate surface area is 95.8 Å². The molecule has 1 atom stereocenters. The maximum Gasteiger partial charge on any atom is 0.325 e. The smallest absolute Gasteiger partial charge is 0.325 e. The molecule has 1 aromatic carbocycles. The maximum atomic E-state index is 11.4. The number of cyclic esters (lactones) is 1. The first-order valence-corrected chi connectivity index (χ1v) is 5.57. The van der Waals surface area contributed by atoms with Gasteiger partial charge in [0.05, 0.1) is 0 Å². The van der Waals surface area contributed by atoms with E-state index in [0.29, 0.717) is 6.61 Å². The molecule has 3 heteroatoms. The first-order chi connectivity index (χ1) is 7.58. The molecule has 0 bridgehead atoms. The van der Waals surface area contributed by atoms with E-state index in [9.17, 15) is 4.79 Å². The van der Waals surface area contributed by atoms with Gasteiger partial charge in [-0.1, -0.05) is 30.3 Å². The van der Waals surface area contributed by atoms with Crippen molar-refractivity contribution < 1.29 is 9.53 Å². The van der Waals surface area contributed by atoms with E-state index in [1.165, 1.54) is 5.56 Å². The highest BCUT2D eigenvalue weighted by atomic mass is 16.5. The summed E-state index contributed by atoms with van der Waals surface area (Å²) in [6.07, 6.45) is 0.886. The van der Waals surface area contributed by atoms with E-state index in [2.05, 4.69) is 17.4 Å². The summed E-state index contributed by atoms with van der Waals surface area (Å²) in [5.74, 6) is -0.170. The Bertz CT molecular complexity index is 373. The summed E-state index contributed by atoms with van der Waals surface area (Å²) in [6.45, 7) is 4.16. The van der Waals surface area contributed by atoms with Gasteiger partial charge in [-0.25, -0.2) is 0 Å². The molecule has 3 nitrogen and oxygen atoms in total. The van der Waals surface area contributed by atoms with E-state index in [0.717, 1.165) is 6.42 Å². The Morgan fingerprint density at radius 2 is 2.06 bits per heavy atom. The van der Waals surface area contributed by atoms with Gasteiger partial charge in [0.1, 0.15) is 12.1 Å². The van der Waals surface area contributed by atoms with Crippen LogP contribution >= 0.6 is 0 Å². The second-order valence-corrected chi connectivity index (χ2v) is 4.75. The predicted octanol–water partition coefficient (Wildman–Crippen LogP) is 1.52. The van der Waals surface area contributed by atoms with E-state index < -0.39 is 5.54 Å². The quantitative estimate of drug-likeness (QED) is 0.766. The number of nitrogens with one attached hydrogen (secondary N) is 1. The summed E-state index contributed by atoms with van der Waals surface area (Å²) in [5, 5.41) is 3.32. The summed E-state index contributed by atoms with van der Waals surface area (Å²) in [4.78, 5) is 11.4. The Hall–Kier alpha value is -1.35. The van der Waals surface area contributed by atoms with Crippen molar-refractivity contribution in [2.75, 3.05) is 6.61 Å². The third-order valence-corrected chi connectivity index (χ3v) is 2.82. The molecule has 0 saturated carbocycles. The molecule has 0 radical (unpaired) electrons. The van der Waals surface area contributed by atoms with Gasteiger partial charge >= 0.3 is 5.97 Å². The predicted molar refractivity (Wildman–Crippen MR) is 62.1 cm³/mol. The van der Waals surface area contributed by atoms with Crippen LogP contribution in [0.4, 0.5) is 0 Å². The minimum Gasteiger partial charge on any atom is -0.463 e. The number of esters is 1. The zero-order chi connectivity index (χ0) is 11.6. The summed E-state index contributed by atoms with van der Waals surface area (Å²) in [6, 6.07) is 10.4. The highest BCUT2D eigenvalue weighted by molar-refractivity contribution is 5.80. The van der Waals surface area contributed by atoms with Gasteiger partial charge in [0.25, 0.3) is 0 Å². The molecule has 0 aliphatic carbocycles. The summed E-state index contributed by atoms with van der Waals surface area (Å²) >= 11 is 0. The molecule has 0 amide bonds. The average molecular weight is 219 g/mol. The topological polar surface area (TPSA) is 38.3 Å². The number of carbonyl (C=O) groups is 1. The van der Waals surface area contributed by atoms with Crippen LogP contribution < -0.4 is 5.32 Å². The molecule has 86 valence electrons. The summed E-state index contributed by atoms with van der Waals surface area (Å²) in [5.41, 5.74) is 0.686. The van der Waals surface area contributed by atoms with Crippen molar-refractivity contribution in [1.82, 2.24) is 5.32 Å². The number of hydrogen-bond acceptors (Lipinski definition) is 3. The number of ether oxygens (including phenoxy) is 1. The van der Waals surface area contributed by atoms with Crippen LogP contribution in [-0.2, 0) is 16.0 Å². The van der Waals surface area contributed by atoms with Gasteiger partial charge in [0, 0.05) is 6.04 Å². The van der Waals surface area contributed by atoms with Gasteiger partial charge in [-0.05, 0) is 25.8 Å². The molecule has 1 aliphatic rings. The molecule has 0 unspecified atom stereocenters. The minimum atomic E-state index is -0.572. The van der Waals surface area contributed by atoms with Crippen LogP contribution in [0, 0.1) is 0 Å². The molecule has 1 saturated heterocycles. The maximum absolute atomic E-state index is 11.4. The van der Waals surface area contributed by atoms with Crippen molar-refractivity contribution in [2.45, 2.75) is 31.8 Å². The van der Waals surface area contributed by atoms with Gasteiger partial charge in [0.15, 0.2) is 0 Å². The molecule has 1 aromatic rings. The number of rotatable bonds is 2. The molecular weight excluding hydrogens is 202 g/mol. The molecule has 1 fully saturated rings. The zero-order valence-corrected chi connectivity index (χ0v) is 9.69. The van der Waals surface area contributed by atoms with Gasteiger partial charge in [-0.3, -0.25) is 10.1 Å². The lowest BCUT2D eigenvalue weighted by Gasteiger charge is -2.35. The van der Waals surface area contributed by atoms with E-state index in [1.54, 1.807) is 0 Å². The first kappa shape index (κ1) is 11.1. The molecule has 1 heterocycles. The molecule has 1 aliphatic heterocycles. The fourth-order valence-electron chi connectivity index (χ4n) is 1.98. The van der Waals surface area contributed by atoms with Crippen molar-refractivity contribution >= 4 is 5.97 Å². The van der Waals surface area contributed by atoms with Crippen LogP contribution in [0.5, 0.6) is 0 Å². The van der Waals surface area contributed by atoms with Gasteiger partial charge < -0.3 is 4.74 Å². The lowest BCUT2D eigenvalue weighted by molar-refractivity contribution is -0.156. The van der Waals surface area contributed by atoms with Crippen LogP contribution in [-0.4, -0.2) is 24.2 Å². The van der Waals surface area contributed by atoms with Crippen LogP contribution in [0.15, 0.2) is 30.3 Å². The zero-order valence-electron chi connectivity index (χ0n) is 9.69. The largest absolute Gasteiger partial charge is 0.463 e. The number of benzene rings is 1. The third-order valence-electron chi connectivity index (χ3n) is 2.82. The standard InChI is InChI=1S/C13H17NO2/c1-13(2)12(15)16-9-11(14-13)8-10-6-4-3-5-7-10/h3-7,11,14H,8-9H2,1-2H3/t11-/m0/s1. The molecular formula is C13H17NO2. The van der Waals surface area contributed by atoms with E-state index in [1.807, 2.05) is 32.0 Å². The Kier molecular flexibility index (Phi) is 2.97. The number of morpholine rings is 1. The SMILES string of the molecule is CC1(C)N[C@@H](Cc2ccccc2)COC1=O. The second kappa shape index (κ2) is 4.26. The average Bonchev–Trinajstić information content (AvgIpc) is 2.25. The van der Waals surface area contributed by atoms with E-state index in [-0.39, 0.29) is 12.0 Å². The molecule has 1 N–H and O–H groups in total.